The Kier molecular flexibility index (Phi) is 11.5. The molecule has 0 spiro atoms. The van der Waals surface area contributed by atoms with Crippen LogP contribution in [-0.4, -0.2) is 55.4 Å². The van der Waals surface area contributed by atoms with Crippen LogP contribution in [0.5, 0.6) is 0 Å². The molecule has 2 aromatic rings. The molecule has 2 aromatic carbocycles. The molecule has 0 atom stereocenters. The summed E-state index contributed by atoms with van der Waals surface area (Å²) in [5, 5.41) is 36.6. The first-order valence-electron chi connectivity index (χ1n) is 9.54. The molecular formula is C22H25BrF2N2O8. The van der Waals surface area contributed by atoms with Crippen LogP contribution >= 0.6 is 15.9 Å². The fourth-order valence-electron chi connectivity index (χ4n) is 1.84. The van der Waals surface area contributed by atoms with Gasteiger partial charge in [0.2, 0.25) is 0 Å². The van der Waals surface area contributed by atoms with Gasteiger partial charge in [-0.2, -0.15) is 0 Å². The second-order valence-corrected chi connectivity index (χ2v) is 8.93. The number of carboxylic acids is 4. The quantitative estimate of drug-likeness (QED) is 0.301. The van der Waals surface area contributed by atoms with Crippen molar-refractivity contribution in [3.05, 3.63) is 63.6 Å². The molecular weight excluding hydrogens is 538 g/mol. The number of benzene rings is 2. The van der Waals surface area contributed by atoms with Crippen molar-refractivity contribution < 1.29 is 48.4 Å². The second-order valence-electron chi connectivity index (χ2n) is 8.01. The average Bonchev–Trinajstić information content (AvgIpc) is 2.67. The minimum absolute atomic E-state index is 0.208. The van der Waals surface area contributed by atoms with Crippen molar-refractivity contribution in [3.63, 3.8) is 0 Å². The Morgan fingerprint density at radius 1 is 0.800 bits per heavy atom. The fraction of sp³-hybridized carbons (Fsp3) is 0.273. The van der Waals surface area contributed by atoms with E-state index in [1.54, 1.807) is 0 Å². The van der Waals surface area contributed by atoms with Crippen LogP contribution in [0, 0.1) is 11.6 Å². The summed E-state index contributed by atoms with van der Waals surface area (Å²) in [6.45, 7) is 5.71. The standard InChI is InChI=1S/C11H12FNO4.C7H4BrFO2.C4H9NO2/c1-11(2,10(16)17)13-6-3-4-7(9(14)15)8(12)5-6;8-4-1-2-5(7(10)11)6(9)3-4;1-4(2,5)3(6)7/h3-5,13H,1-2H3,(H,14,15)(H,16,17);1-3H,(H,10,11);5H2,1-2H3,(H,6,7). The molecule has 0 aliphatic heterocycles. The molecule has 0 unspecified atom stereocenters. The van der Waals surface area contributed by atoms with Gasteiger partial charge in [0.1, 0.15) is 22.7 Å². The molecule has 0 aliphatic carbocycles. The van der Waals surface area contributed by atoms with E-state index in [4.69, 9.17) is 26.2 Å². The van der Waals surface area contributed by atoms with Gasteiger partial charge in [-0.05, 0) is 64.1 Å². The molecule has 0 saturated carbocycles. The molecule has 0 saturated heterocycles. The maximum atomic E-state index is 13.3. The van der Waals surface area contributed by atoms with E-state index in [9.17, 15) is 28.0 Å². The Hall–Kier alpha value is -3.58. The highest BCUT2D eigenvalue weighted by atomic mass is 79.9. The summed E-state index contributed by atoms with van der Waals surface area (Å²) in [5.74, 6) is -6.34. The maximum absolute atomic E-state index is 13.3. The van der Waals surface area contributed by atoms with Crippen molar-refractivity contribution in [2.75, 3.05) is 5.32 Å². The van der Waals surface area contributed by atoms with E-state index in [1.165, 1.54) is 45.9 Å². The lowest BCUT2D eigenvalue weighted by Gasteiger charge is -2.22. The molecule has 0 fully saturated rings. The van der Waals surface area contributed by atoms with E-state index in [2.05, 4.69) is 21.2 Å². The predicted octanol–water partition coefficient (Wildman–Crippen LogP) is 3.89. The van der Waals surface area contributed by atoms with Crippen molar-refractivity contribution in [1.29, 1.82) is 0 Å². The Morgan fingerprint density at radius 2 is 1.20 bits per heavy atom. The molecule has 13 heteroatoms. The van der Waals surface area contributed by atoms with E-state index < -0.39 is 52.2 Å². The largest absolute Gasteiger partial charge is 0.480 e. The summed E-state index contributed by atoms with van der Waals surface area (Å²) in [6, 6.07) is 7.15. The molecule has 0 radical (unpaired) electrons. The van der Waals surface area contributed by atoms with Crippen LogP contribution in [0.25, 0.3) is 0 Å². The minimum atomic E-state index is -1.37. The molecule has 0 aromatic heterocycles. The molecule has 192 valence electrons. The number of nitrogens with two attached hydrogens (primary N) is 1. The van der Waals surface area contributed by atoms with Crippen molar-refractivity contribution in [2.45, 2.75) is 38.8 Å². The number of halogens is 3. The third kappa shape index (κ3) is 10.9. The number of carbonyl (C=O) groups is 4. The highest BCUT2D eigenvalue weighted by Crippen LogP contribution is 2.19. The van der Waals surface area contributed by atoms with E-state index >= 15 is 0 Å². The number of hydrogen-bond acceptors (Lipinski definition) is 6. The lowest BCUT2D eigenvalue weighted by molar-refractivity contribution is -0.142. The average molecular weight is 563 g/mol. The number of aromatic carboxylic acids is 2. The highest BCUT2D eigenvalue weighted by Gasteiger charge is 2.27. The fourth-order valence-corrected chi connectivity index (χ4v) is 2.18. The van der Waals surface area contributed by atoms with E-state index in [0.717, 1.165) is 18.2 Å². The molecule has 0 aliphatic rings. The zero-order valence-corrected chi connectivity index (χ0v) is 20.7. The molecule has 0 heterocycles. The van der Waals surface area contributed by atoms with Gasteiger partial charge < -0.3 is 31.5 Å². The van der Waals surface area contributed by atoms with Crippen LogP contribution in [-0.2, 0) is 9.59 Å². The van der Waals surface area contributed by atoms with Crippen molar-refractivity contribution in [2.24, 2.45) is 5.73 Å². The first kappa shape index (κ1) is 31.4. The molecule has 2 rings (SSSR count). The molecule has 35 heavy (non-hydrogen) atoms. The monoisotopic (exact) mass is 562 g/mol. The molecule has 10 nitrogen and oxygen atoms in total. The lowest BCUT2D eigenvalue weighted by atomic mass is 10.1. The number of carboxylic acid groups (broad SMARTS) is 4. The predicted molar refractivity (Wildman–Crippen MR) is 126 cm³/mol. The van der Waals surface area contributed by atoms with Crippen molar-refractivity contribution in [1.82, 2.24) is 0 Å². The van der Waals surface area contributed by atoms with Crippen LogP contribution in [0.1, 0.15) is 48.4 Å². The van der Waals surface area contributed by atoms with Gasteiger partial charge in [-0.3, -0.25) is 4.79 Å². The molecule has 0 amide bonds. The van der Waals surface area contributed by atoms with Gasteiger partial charge in [0, 0.05) is 10.2 Å². The Balaban J connectivity index is 0.000000550. The van der Waals surface area contributed by atoms with Gasteiger partial charge in [0.15, 0.2) is 0 Å². The van der Waals surface area contributed by atoms with Gasteiger partial charge in [0.25, 0.3) is 0 Å². The number of rotatable bonds is 6. The van der Waals surface area contributed by atoms with Gasteiger partial charge in [-0.15, -0.1) is 0 Å². The normalized spacial score (nSPS) is 10.6. The van der Waals surface area contributed by atoms with E-state index in [1.807, 2.05) is 0 Å². The van der Waals surface area contributed by atoms with Gasteiger partial charge in [-0.25, -0.2) is 23.2 Å². The molecule has 0 bridgehead atoms. The lowest BCUT2D eigenvalue weighted by Crippen LogP contribution is -2.41. The van der Waals surface area contributed by atoms with Crippen LogP contribution in [0.3, 0.4) is 0 Å². The maximum Gasteiger partial charge on any atom is 0.338 e. The Bertz CT molecular complexity index is 1100. The zero-order valence-electron chi connectivity index (χ0n) is 19.1. The highest BCUT2D eigenvalue weighted by molar-refractivity contribution is 9.10. The summed E-state index contributed by atoms with van der Waals surface area (Å²) >= 11 is 3.01. The second kappa shape index (κ2) is 12.8. The summed E-state index contributed by atoms with van der Waals surface area (Å²) in [6.07, 6.45) is 0. The van der Waals surface area contributed by atoms with Crippen LogP contribution < -0.4 is 11.1 Å². The zero-order chi connectivity index (χ0) is 27.7. The van der Waals surface area contributed by atoms with E-state index in [0.29, 0.717) is 4.47 Å². The third-order valence-corrected chi connectivity index (χ3v) is 4.40. The van der Waals surface area contributed by atoms with Gasteiger partial charge >= 0.3 is 23.9 Å². The number of aliphatic carboxylic acids is 2. The third-order valence-electron chi connectivity index (χ3n) is 3.90. The van der Waals surface area contributed by atoms with Gasteiger partial charge in [0.05, 0.1) is 11.1 Å². The first-order valence-corrected chi connectivity index (χ1v) is 10.3. The summed E-state index contributed by atoms with van der Waals surface area (Å²) < 4.78 is 26.5. The Morgan fingerprint density at radius 3 is 1.51 bits per heavy atom. The van der Waals surface area contributed by atoms with Crippen LogP contribution in [0.15, 0.2) is 40.9 Å². The SMILES string of the molecule is CC(C)(N)C(=O)O.CC(C)(Nc1ccc(C(=O)O)c(F)c1)C(=O)O.O=C(O)c1ccc(Br)cc1F. The van der Waals surface area contributed by atoms with Crippen molar-refractivity contribution in [3.8, 4) is 0 Å². The number of nitrogens with one attached hydrogen (secondary N) is 1. The summed E-state index contributed by atoms with van der Waals surface area (Å²) in [7, 11) is 0. The number of hydrogen-bond donors (Lipinski definition) is 6. The minimum Gasteiger partial charge on any atom is -0.480 e. The van der Waals surface area contributed by atoms with Crippen molar-refractivity contribution >= 4 is 45.5 Å². The number of anilines is 1. The van der Waals surface area contributed by atoms with Crippen LogP contribution in [0.4, 0.5) is 14.5 Å². The smallest absolute Gasteiger partial charge is 0.338 e. The Labute approximate surface area is 207 Å². The van der Waals surface area contributed by atoms with Gasteiger partial charge in [-0.1, -0.05) is 15.9 Å². The van der Waals surface area contributed by atoms with Crippen LogP contribution in [0.2, 0.25) is 0 Å². The van der Waals surface area contributed by atoms with E-state index in [-0.39, 0.29) is 11.3 Å². The summed E-state index contributed by atoms with van der Waals surface area (Å²) in [4.78, 5) is 41.6. The molecule has 7 N–H and O–H groups in total. The topological polar surface area (TPSA) is 187 Å². The first-order chi connectivity index (χ1) is 15.8. The summed E-state index contributed by atoms with van der Waals surface area (Å²) in [5.41, 5.74) is 2.17.